The largest absolute Gasteiger partial charge is 0.394 e. The molecule has 4 heterocycles. The molecule has 54 heavy (non-hydrogen) atoms. The number of rotatable bonds is 6. The van der Waals surface area contributed by atoms with E-state index >= 15 is 0 Å². The van der Waals surface area contributed by atoms with Crippen LogP contribution in [0.5, 0.6) is 0 Å². The lowest BCUT2D eigenvalue weighted by Gasteiger charge is -2.63. The number of ether oxygens (including phenoxy) is 7. The maximum absolute atomic E-state index is 12.9. The number of aliphatic hydroxyl groups is 7. The Hall–Kier alpha value is -0.820. The van der Waals surface area contributed by atoms with Gasteiger partial charge in [-0.3, -0.25) is 0 Å². The highest BCUT2D eigenvalue weighted by molar-refractivity contribution is 5.35. The van der Waals surface area contributed by atoms with E-state index in [0.29, 0.717) is 30.6 Å². The van der Waals surface area contributed by atoms with Crippen molar-refractivity contribution in [1.29, 1.82) is 0 Å². The molecule has 8 rings (SSSR count). The molecule has 0 aromatic rings. The predicted octanol–water partition coefficient (Wildman–Crippen LogP) is 1.13. The van der Waals surface area contributed by atoms with Gasteiger partial charge in [-0.2, -0.15) is 0 Å². The van der Waals surface area contributed by atoms with Gasteiger partial charge in [0.1, 0.15) is 54.4 Å². The quantitative estimate of drug-likeness (QED) is 0.189. The summed E-state index contributed by atoms with van der Waals surface area (Å²) in [5.41, 5.74) is -0.443. The van der Waals surface area contributed by atoms with Crippen LogP contribution in [0.1, 0.15) is 86.0 Å². The first-order valence-electron chi connectivity index (χ1n) is 20.4. The lowest BCUT2D eigenvalue weighted by molar-refractivity contribution is -0.373. The second-order valence-corrected chi connectivity index (χ2v) is 18.8. The van der Waals surface area contributed by atoms with Gasteiger partial charge in [0.05, 0.1) is 31.5 Å². The molecule has 0 aromatic carbocycles. The van der Waals surface area contributed by atoms with Crippen LogP contribution in [0.3, 0.4) is 0 Å². The monoisotopic (exact) mass is 768 g/mol. The van der Waals surface area contributed by atoms with E-state index in [1.807, 2.05) is 0 Å². The van der Waals surface area contributed by atoms with Crippen LogP contribution in [0.25, 0.3) is 0 Å². The summed E-state index contributed by atoms with van der Waals surface area (Å²) < 4.78 is 43.7. The third-order valence-electron chi connectivity index (χ3n) is 16.0. The molecule has 0 unspecified atom stereocenters. The van der Waals surface area contributed by atoms with Crippen LogP contribution in [0, 0.1) is 40.4 Å². The van der Waals surface area contributed by atoms with Gasteiger partial charge in [0.25, 0.3) is 0 Å². The summed E-state index contributed by atoms with van der Waals surface area (Å²) in [5.74, 6) is 1.17. The van der Waals surface area contributed by atoms with Crippen LogP contribution in [-0.2, 0) is 33.2 Å². The molecule has 3 saturated carbocycles. The van der Waals surface area contributed by atoms with Crippen LogP contribution < -0.4 is 0 Å². The van der Waals surface area contributed by atoms with E-state index in [9.17, 15) is 35.7 Å². The summed E-state index contributed by atoms with van der Waals surface area (Å²) in [6.07, 6.45) is -6.77. The van der Waals surface area contributed by atoms with Gasteiger partial charge in [-0.25, -0.2) is 0 Å². The summed E-state index contributed by atoms with van der Waals surface area (Å²) in [6.45, 7) is 10.9. The van der Waals surface area contributed by atoms with Gasteiger partial charge in [0.2, 0.25) is 0 Å². The van der Waals surface area contributed by atoms with Crippen LogP contribution in [-0.4, -0.2) is 147 Å². The van der Waals surface area contributed by atoms with Crippen molar-refractivity contribution in [3.05, 3.63) is 11.6 Å². The standard InChI is InChI=1S/C40H64O14/c1-18-7-12-40(49-17-18)19(2)28-25(54-40)14-24-22-13-27(48-6)39(47)15-21(8-11-38(39,5)23(22)9-10-37(24,28)4)51-36-34(32(45)30(43)26(16-41)52-36)53-35-33(46)31(44)29(42)20(3)50-35/h13,18-21,23-36,41-47H,7-12,14-17H2,1-6H3/t18-,19+,20+,21+,23+,24+,25+,26-,27-,28+,29+,30-,31-,32+,33-,34-,35+,36-,37+,38-,39+,40-/m1/s1. The fourth-order valence-corrected chi connectivity index (χ4v) is 12.7. The lowest BCUT2D eigenvalue weighted by Crippen LogP contribution is -2.67. The lowest BCUT2D eigenvalue weighted by atomic mass is 9.45. The Bertz CT molecular complexity index is 1410. The van der Waals surface area contributed by atoms with Gasteiger partial charge < -0.3 is 68.9 Å². The molecule has 4 aliphatic carbocycles. The van der Waals surface area contributed by atoms with Crippen LogP contribution in [0.2, 0.25) is 0 Å². The van der Waals surface area contributed by atoms with Gasteiger partial charge in [-0.1, -0.05) is 39.3 Å². The Morgan fingerprint density at radius 1 is 0.833 bits per heavy atom. The molecule has 7 fully saturated rings. The highest BCUT2D eigenvalue weighted by Gasteiger charge is 2.70. The summed E-state index contributed by atoms with van der Waals surface area (Å²) >= 11 is 0. The third kappa shape index (κ3) is 5.87. The molecule has 0 radical (unpaired) electrons. The minimum atomic E-state index is -1.67. The smallest absolute Gasteiger partial charge is 0.187 e. The van der Waals surface area contributed by atoms with Crippen molar-refractivity contribution < 1.29 is 68.9 Å². The number of allylic oxidation sites excluding steroid dienone is 1. The molecule has 14 nitrogen and oxygen atoms in total. The fraction of sp³-hybridized carbons (Fsp3) is 0.950. The van der Waals surface area contributed by atoms with Crippen molar-refractivity contribution in [1.82, 2.24) is 0 Å². The maximum Gasteiger partial charge on any atom is 0.187 e. The van der Waals surface area contributed by atoms with Crippen LogP contribution in [0.4, 0.5) is 0 Å². The molecular formula is C40H64O14. The van der Waals surface area contributed by atoms with Crippen molar-refractivity contribution in [2.75, 3.05) is 20.3 Å². The first-order valence-corrected chi connectivity index (χ1v) is 20.4. The Morgan fingerprint density at radius 3 is 2.28 bits per heavy atom. The predicted molar refractivity (Wildman–Crippen MR) is 189 cm³/mol. The zero-order chi connectivity index (χ0) is 38.7. The van der Waals surface area contributed by atoms with Gasteiger partial charge in [-0.15, -0.1) is 0 Å². The van der Waals surface area contributed by atoms with Crippen LogP contribution >= 0.6 is 0 Å². The second kappa shape index (κ2) is 14.2. The number of methoxy groups -OCH3 is 1. The zero-order valence-corrected chi connectivity index (χ0v) is 32.5. The highest BCUT2D eigenvalue weighted by Crippen LogP contribution is 2.71. The minimum Gasteiger partial charge on any atom is -0.394 e. The van der Waals surface area contributed by atoms with Gasteiger partial charge in [0, 0.05) is 31.3 Å². The highest BCUT2D eigenvalue weighted by atomic mass is 16.8. The van der Waals surface area contributed by atoms with E-state index in [-0.39, 0.29) is 29.8 Å². The molecule has 308 valence electrons. The van der Waals surface area contributed by atoms with E-state index in [0.717, 1.165) is 38.7 Å². The minimum absolute atomic E-state index is 0.0380. The Balaban J connectivity index is 1.02. The average molecular weight is 769 g/mol. The number of hydrogen-bond donors (Lipinski definition) is 7. The molecule has 0 amide bonds. The topological polar surface area (TPSA) is 206 Å². The van der Waals surface area contributed by atoms with E-state index in [2.05, 4.69) is 33.8 Å². The summed E-state index contributed by atoms with van der Waals surface area (Å²) in [6, 6.07) is 0. The first kappa shape index (κ1) is 40.0. The van der Waals surface area contributed by atoms with Crippen molar-refractivity contribution in [3.8, 4) is 0 Å². The number of fused-ring (bicyclic) bond motifs is 7. The third-order valence-corrected chi connectivity index (χ3v) is 16.0. The summed E-state index contributed by atoms with van der Waals surface area (Å²) in [5, 5.41) is 76.1. The van der Waals surface area contributed by atoms with Gasteiger partial charge >= 0.3 is 0 Å². The molecule has 14 heteroatoms. The van der Waals surface area contributed by atoms with Crippen molar-refractivity contribution in [3.63, 3.8) is 0 Å². The molecule has 4 aliphatic heterocycles. The SMILES string of the molecule is CO[C@@H]1C=C2[C@@H]3C[C@@H]4O[C@]5(CC[C@@H](C)CO5)[C@@H](C)[C@@H]4[C@@]3(C)CC[C@@H]2[C@@]2(C)CC[C@H](O[C@@H]3O[C@H](CO)[C@@H](O)[C@H](O)[C@H]3O[C@@H]3O[C@@H](C)[C@H](O)[C@@H](O)[C@H]3O)C[C@]12O. The van der Waals surface area contributed by atoms with Crippen molar-refractivity contribution >= 4 is 0 Å². The maximum atomic E-state index is 12.9. The summed E-state index contributed by atoms with van der Waals surface area (Å²) in [7, 11) is 1.63. The van der Waals surface area contributed by atoms with Crippen molar-refractivity contribution in [2.24, 2.45) is 40.4 Å². The van der Waals surface area contributed by atoms with E-state index in [1.54, 1.807) is 7.11 Å². The zero-order valence-electron chi connectivity index (χ0n) is 32.5. The molecular weight excluding hydrogens is 704 g/mol. The first-order chi connectivity index (χ1) is 25.5. The average Bonchev–Trinajstić information content (AvgIpc) is 3.59. The molecule has 0 bridgehead atoms. The molecule has 0 aromatic heterocycles. The van der Waals surface area contributed by atoms with E-state index in [1.165, 1.54) is 12.5 Å². The van der Waals surface area contributed by atoms with E-state index < -0.39 is 97.0 Å². The molecule has 8 aliphatic rings. The molecule has 22 atom stereocenters. The Labute approximate surface area is 318 Å². The summed E-state index contributed by atoms with van der Waals surface area (Å²) in [4.78, 5) is 0. The molecule has 1 spiro atoms. The van der Waals surface area contributed by atoms with E-state index in [4.69, 9.17) is 33.2 Å². The molecule has 4 saturated heterocycles. The van der Waals surface area contributed by atoms with Crippen molar-refractivity contribution in [2.45, 2.75) is 177 Å². The number of aliphatic hydroxyl groups excluding tert-OH is 6. The molecule has 7 N–H and O–H groups in total. The van der Waals surface area contributed by atoms with Gasteiger partial charge in [0.15, 0.2) is 18.4 Å². The Kier molecular flexibility index (Phi) is 10.5. The fourth-order valence-electron chi connectivity index (χ4n) is 12.7. The normalized spacial score (nSPS) is 58.6. The van der Waals surface area contributed by atoms with Crippen LogP contribution in [0.15, 0.2) is 11.6 Å². The number of hydrogen-bond acceptors (Lipinski definition) is 14. The van der Waals surface area contributed by atoms with Gasteiger partial charge in [-0.05, 0) is 74.5 Å². The second-order valence-electron chi connectivity index (χ2n) is 18.8. The Morgan fingerprint density at radius 2 is 1.59 bits per heavy atom.